The van der Waals surface area contributed by atoms with Crippen LogP contribution in [0.2, 0.25) is 0 Å². The zero-order valence-corrected chi connectivity index (χ0v) is 8.09. The van der Waals surface area contributed by atoms with Gasteiger partial charge in [0.15, 0.2) is 0 Å². The van der Waals surface area contributed by atoms with Crippen molar-refractivity contribution < 1.29 is 0 Å². The van der Waals surface area contributed by atoms with Crippen molar-refractivity contribution >= 4 is 21.8 Å². The highest BCUT2D eigenvalue weighted by Gasteiger charge is 2.02. The molecule has 0 bridgehead atoms. The van der Waals surface area contributed by atoms with Crippen LogP contribution in [-0.2, 0) is 0 Å². The number of hydrogen-bond donors (Lipinski definition) is 1. The van der Waals surface area contributed by atoms with Gasteiger partial charge in [-0.2, -0.15) is 0 Å². The van der Waals surface area contributed by atoms with E-state index in [1.165, 1.54) is 4.99 Å². The van der Waals surface area contributed by atoms with E-state index in [0.29, 0.717) is 12.0 Å². The fourth-order valence-electron chi connectivity index (χ4n) is 0.660. The van der Waals surface area contributed by atoms with Crippen molar-refractivity contribution in [2.45, 2.75) is 33.7 Å². The van der Waals surface area contributed by atoms with Gasteiger partial charge in [0.1, 0.15) is 0 Å². The normalized spacial score (nSPS) is 10.6. The Morgan fingerprint density at radius 1 is 1.30 bits per heavy atom. The second-order valence-electron chi connectivity index (χ2n) is 2.96. The Bertz CT molecular complexity index is 143. The van der Waals surface area contributed by atoms with E-state index >= 15 is 0 Å². The van der Waals surface area contributed by atoms with Gasteiger partial charge in [-0.3, -0.25) is 5.32 Å². The molecule has 1 nitrogen and oxygen atoms in total. The molecule has 0 aliphatic rings. The molecule has 0 aromatic carbocycles. The number of nitrogens with one attached hydrogen (secondary N) is 1. The maximum Gasteiger partial charge on any atom is 0.0472 e. The zero-order chi connectivity index (χ0) is 8.15. The summed E-state index contributed by atoms with van der Waals surface area (Å²) < 4.78 is 0. The van der Waals surface area contributed by atoms with E-state index in [9.17, 15) is 0 Å². The Morgan fingerprint density at radius 2 is 1.80 bits per heavy atom. The first-order chi connectivity index (χ1) is 4.57. The van der Waals surface area contributed by atoms with Gasteiger partial charge in [-0.25, -0.2) is 0 Å². The molecule has 1 N–H and O–H groups in total. The van der Waals surface area contributed by atoms with E-state index in [4.69, 9.17) is 0 Å². The lowest BCUT2D eigenvalue weighted by Crippen LogP contribution is -2.32. The maximum absolute atomic E-state index is 3.78. The van der Waals surface area contributed by atoms with E-state index in [1.807, 2.05) is 0 Å². The van der Waals surface area contributed by atoms with Gasteiger partial charge in [-0.15, -0.1) is 10.9 Å². The zero-order valence-electron chi connectivity index (χ0n) is 7.27. The van der Waals surface area contributed by atoms with Crippen LogP contribution in [0, 0.1) is 5.92 Å². The van der Waals surface area contributed by atoms with Gasteiger partial charge in [-0.05, 0) is 25.6 Å². The third-order valence-corrected chi connectivity index (χ3v) is 2.01. The molecule has 0 amide bonds. The van der Waals surface area contributed by atoms with Gasteiger partial charge < -0.3 is 0 Å². The fraction of sp³-hybridized carbons (Fsp3) is 0.750. The largest absolute Gasteiger partial charge is 0.281 e. The monoisotopic (exact) mass is 159 g/mol. The molecule has 0 saturated carbocycles. The first kappa shape index (κ1) is 9.92. The minimum Gasteiger partial charge on any atom is -0.281 e. The standard InChI is InChI=1S/C8H17NS/c1-6(2)8(10-5)9-7(3)4/h6-7,9H,5H2,1-4H3. The van der Waals surface area contributed by atoms with Crippen LogP contribution in [0.25, 0.3) is 0 Å². The van der Waals surface area contributed by atoms with Gasteiger partial charge in [0.05, 0.1) is 0 Å². The van der Waals surface area contributed by atoms with Crippen molar-refractivity contribution in [3.05, 3.63) is 0 Å². The Kier molecular flexibility index (Phi) is 4.65. The number of hydrogen-bond acceptors (Lipinski definition) is 0. The Labute approximate surface area is 67.4 Å². The first-order valence-electron chi connectivity index (χ1n) is 3.63. The van der Waals surface area contributed by atoms with Gasteiger partial charge in [0, 0.05) is 11.0 Å². The van der Waals surface area contributed by atoms with Crippen LogP contribution < -0.4 is 5.32 Å². The van der Waals surface area contributed by atoms with Crippen molar-refractivity contribution in [3.8, 4) is 0 Å². The molecule has 0 atom stereocenters. The third-order valence-electron chi connectivity index (χ3n) is 1.11. The molecule has 0 radical (unpaired) electrons. The summed E-state index contributed by atoms with van der Waals surface area (Å²) in [5.41, 5.74) is 0. The summed E-state index contributed by atoms with van der Waals surface area (Å²) in [6.45, 7) is 8.61. The molecular formula is C8H17NS. The van der Waals surface area contributed by atoms with Crippen molar-refractivity contribution in [2.75, 3.05) is 0 Å². The topological polar surface area (TPSA) is 12.0 Å². The van der Waals surface area contributed by atoms with Crippen LogP contribution in [0.1, 0.15) is 27.7 Å². The SMILES string of the molecule is C=S=C(NC(C)C)C(C)C. The minimum atomic E-state index is 0.520. The smallest absolute Gasteiger partial charge is 0.0472 e. The van der Waals surface area contributed by atoms with Gasteiger partial charge >= 0.3 is 0 Å². The minimum absolute atomic E-state index is 0.520. The molecule has 0 rings (SSSR count). The lowest BCUT2D eigenvalue weighted by atomic mass is 10.2. The average molecular weight is 159 g/mol. The third kappa shape index (κ3) is 3.85. The predicted molar refractivity (Wildman–Crippen MR) is 52.8 cm³/mol. The van der Waals surface area contributed by atoms with Crippen LogP contribution in [-0.4, -0.2) is 16.9 Å². The highest BCUT2D eigenvalue weighted by Crippen LogP contribution is 1.96. The van der Waals surface area contributed by atoms with Crippen LogP contribution in [0.3, 0.4) is 0 Å². The average Bonchev–Trinajstić information content (AvgIpc) is 1.81. The quantitative estimate of drug-likeness (QED) is 0.607. The van der Waals surface area contributed by atoms with Gasteiger partial charge in [0.2, 0.25) is 0 Å². The number of rotatable bonds is 2. The lowest BCUT2D eigenvalue weighted by molar-refractivity contribution is 0.703. The highest BCUT2D eigenvalue weighted by atomic mass is 32.1. The molecule has 0 aromatic rings. The summed E-state index contributed by atoms with van der Waals surface area (Å²) in [6, 6.07) is 0.520. The van der Waals surface area contributed by atoms with Crippen molar-refractivity contribution in [3.63, 3.8) is 0 Å². The molecule has 0 saturated heterocycles. The van der Waals surface area contributed by atoms with Crippen molar-refractivity contribution in [1.82, 2.24) is 5.32 Å². The maximum atomic E-state index is 3.78. The fourth-order valence-corrected chi connectivity index (χ4v) is 1.31. The van der Waals surface area contributed by atoms with Gasteiger partial charge in [0.25, 0.3) is 0 Å². The van der Waals surface area contributed by atoms with Crippen molar-refractivity contribution in [1.29, 1.82) is 0 Å². The summed E-state index contributed by atoms with van der Waals surface area (Å²) in [5, 5.41) is 3.35. The Morgan fingerprint density at radius 3 is 1.90 bits per heavy atom. The summed E-state index contributed by atoms with van der Waals surface area (Å²) >= 11 is 0. The molecule has 0 aliphatic carbocycles. The summed E-state index contributed by atoms with van der Waals surface area (Å²) in [4.78, 5) is 1.27. The molecule has 60 valence electrons. The van der Waals surface area contributed by atoms with Crippen LogP contribution in [0.15, 0.2) is 0 Å². The van der Waals surface area contributed by atoms with E-state index in [-0.39, 0.29) is 0 Å². The Balaban J connectivity index is 3.99. The van der Waals surface area contributed by atoms with E-state index in [1.54, 1.807) is 10.9 Å². The van der Waals surface area contributed by atoms with E-state index in [2.05, 4.69) is 38.9 Å². The summed E-state index contributed by atoms with van der Waals surface area (Å²) in [6.07, 6.45) is 0. The molecule has 2 heteroatoms. The van der Waals surface area contributed by atoms with Crippen LogP contribution in [0.4, 0.5) is 0 Å². The Hall–Kier alpha value is -0.0800. The second-order valence-corrected chi connectivity index (χ2v) is 3.69. The lowest BCUT2D eigenvalue weighted by Gasteiger charge is -2.12. The molecule has 0 unspecified atom stereocenters. The molecule has 0 fully saturated rings. The second kappa shape index (κ2) is 4.69. The van der Waals surface area contributed by atoms with Crippen LogP contribution in [0.5, 0.6) is 0 Å². The van der Waals surface area contributed by atoms with E-state index in [0.717, 1.165) is 0 Å². The highest BCUT2D eigenvalue weighted by molar-refractivity contribution is 7.96. The molecule has 0 aromatic heterocycles. The van der Waals surface area contributed by atoms with Crippen LogP contribution >= 0.6 is 10.9 Å². The molecule has 0 aliphatic heterocycles. The summed E-state index contributed by atoms with van der Waals surface area (Å²) in [5.74, 6) is 4.35. The summed E-state index contributed by atoms with van der Waals surface area (Å²) in [7, 11) is 1.56. The molecular weight excluding hydrogens is 142 g/mol. The van der Waals surface area contributed by atoms with E-state index < -0.39 is 0 Å². The molecule has 10 heavy (non-hydrogen) atoms. The van der Waals surface area contributed by atoms with Gasteiger partial charge in [-0.1, -0.05) is 13.8 Å². The predicted octanol–water partition coefficient (Wildman–Crippen LogP) is 1.94. The molecule has 0 heterocycles. The first-order valence-corrected chi connectivity index (χ1v) is 4.62. The molecule has 0 spiro atoms. The van der Waals surface area contributed by atoms with Crippen molar-refractivity contribution in [2.24, 2.45) is 5.92 Å².